The van der Waals surface area contributed by atoms with Crippen LogP contribution < -0.4 is 5.32 Å². The molecule has 1 N–H and O–H groups in total. The Morgan fingerprint density at radius 2 is 1.82 bits per heavy atom. The van der Waals surface area contributed by atoms with E-state index in [1.165, 1.54) is 19.9 Å². The Hall–Kier alpha value is -1.86. The third kappa shape index (κ3) is 2.74. The topological polar surface area (TPSA) is 55.6 Å². The predicted octanol–water partition coefficient (Wildman–Crippen LogP) is 3.78. The van der Waals surface area contributed by atoms with Crippen molar-refractivity contribution in [3.8, 4) is 0 Å². The Morgan fingerprint density at radius 3 is 2.41 bits per heavy atom. The lowest BCUT2D eigenvalue weighted by Crippen LogP contribution is -2.15. The molecule has 3 rings (SSSR count). The molecular formula is C14H18F3N5. The third-order valence-electron chi connectivity index (χ3n) is 4.13. The Balaban J connectivity index is 2.11. The molecule has 2 heterocycles. The molecule has 0 bridgehead atoms. The summed E-state index contributed by atoms with van der Waals surface area (Å²) in [5.41, 5.74) is 0.651. The molecule has 2 aromatic heterocycles. The second-order valence-corrected chi connectivity index (χ2v) is 5.61. The van der Waals surface area contributed by atoms with Crippen LogP contribution in [0.1, 0.15) is 50.4 Å². The van der Waals surface area contributed by atoms with E-state index in [-0.39, 0.29) is 17.5 Å². The second kappa shape index (κ2) is 5.73. The lowest BCUT2D eigenvalue weighted by molar-refractivity contribution is -0.144. The fourth-order valence-corrected chi connectivity index (χ4v) is 3.02. The monoisotopic (exact) mass is 313 g/mol. The first-order valence-corrected chi connectivity index (χ1v) is 7.50. The fraction of sp³-hybridized carbons (Fsp3) is 0.643. The largest absolute Gasteiger partial charge is 0.451 e. The molecule has 1 fully saturated rings. The maximum absolute atomic E-state index is 13.0. The van der Waals surface area contributed by atoms with Gasteiger partial charge >= 0.3 is 6.18 Å². The van der Waals surface area contributed by atoms with Gasteiger partial charge in [-0.15, -0.1) is 0 Å². The van der Waals surface area contributed by atoms with Gasteiger partial charge in [0.2, 0.25) is 5.82 Å². The molecular weight excluding hydrogens is 295 g/mol. The number of hydrogen-bond donors (Lipinski definition) is 1. The van der Waals surface area contributed by atoms with Crippen molar-refractivity contribution in [3.63, 3.8) is 0 Å². The smallest absolute Gasteiger partial charge is 0.371 e. The van der Waals surface area contributed by atoms with Crippen molar-refractivity contribution in [2.24, 2.45) is 0 Å². The minimum absolute atomic E-state index is 0.115. The standard InChI is InChI=1S/C14H18F3N5/c1-18-11-10-12(21-13(20-11)14(15,16)17)22(8-19-10)9-6-4-2-3-5-7-9/h8-9H,2-7H2,1H3,(H,18,20,21). The summed E-state index contributed by atoms with van der Waals surface area (Å²) in [4.78, 5) is 11.5. The molecule has 0 amide bonds. The van der Waals surface area contributed by atoms with Crippen LogP contribution in [0.2, 0.25) is 0 Å². The molecule has 0 atom stereocenters. The van der Waals surface area contributed by atoms with Crippen molar-refractivity contribution in [2.75, 3.05) is 12.4 Å². The minimum atomic E-state index is -4.57. The lowest BCUT2D eigenvalue weighted by atomic mass is 10.1. The van der Waals surface area contributed by atoms with Crippen molar-refractivity contribution in [2.45, 2.75) is 50.7 Å². The normalized spacial score (nSPS) is 17.6. The van der Waals surface area contributed by atoms with Crippen LogP contribution in [0.4, 0.5) is 19.0 Å². The zero-order valence-electron chi connectivity index (χ0n) is 12.3. The van der Waals surface area contributed by atoms with Crippen LogP contribution in [-0.4, -0.2) is 26.6 Å². The number of halogens is 3. The molecule has 8 heteroatoms. The average molecular weight is 313 g/mol. The molecule has 1 aliphatic carbocycles. The number of aromatic nitrogens is 4. The molecule has 0 saturated heterocycles. The zero-order valence-corrected chi connectivity index (χ0v) is 12.3. The summed E-state index contributed by atoms with van der Waals surface area (Å²) in [6.07, 6.45) is 3.44. The number of fused-ring (bicyclic) bond motifs is 1. The molecule has 22 heavy (non-hydrogen) atoms. The Kier molecular flexibility index (Phi) is 3.92. The number of anilines is 1. The maximum atomic E-state index is 13.0. The van der Waals surface area contributed by atoms with Gasteiger partial charge in [-0.05, 0) is 12.8 Å². The Bertz CT molecular complexity index is 656. The summed E-state index contributed by atoms with van der Waals surface area (Å²) < 4.78 is 40.8. The van der Waals surface area contributed by atoms with E-state index in [4.69, 9.17) is 0 Å². The zero-order chi connectivity index (χ0) is 15.7. The molecule has 120 valence electrons. The second-order valence-electron chi connectivity index (χ2n) is 5.61. The molecule has 1 saturated carbocycles. The van der Waals surface area contributed by atoms with Crippen molar-refractivity contribution in [1.82, 2.24) is 19.5 Å². The molecule has 0 spiro atoms. The average Bonchev–Trinajstić information content (AvgIpc) is 2.72. The predicted molar refractivity (Wildman–Crippen MR) is 76.6 cm³/mol. The van der Waals surface area contributed by atoms with Crippen LogP contribution in [0.15, 0.2) is 6.33 Å². The van der Waals surface area contributed by atoms with E-state index < -0.39 is 12.0 Å². The highest BCUT2D eigenvalue weighted by Gasteiger charge is 2.36. The molecule has 0 unspecified atom stereocenters. The number of nitrogens with one attached hydrogen (secondary N) is 1. The molecule has 0 aliphatic heterocycles. The summed E-state index contributed by atoms with van der Waals surface area (Å²) in [5.74, 6) is -1.01. The van der Waals surface area contributed by atoms with Gasteiger partial charge in [0.1, 0.15) is 5.52 Å². The summed E-state index contributed by atoms with van der Waals surface area (Å²) in [6.45, 7) is 0. The number of rotatable bonds is 2. The van der Waals surface area contributed by atoms with Gasteiger partial charge in [0.25, 0.3) is 0 Å². The Morgan fingerprint density at radius 1 is 1.14 bits per heavy atom. The van der Waals surface area contributed by atoms with Gasteiger partial charge in [-0.25, -0.2) is 15.0 Å². The first-order chi connectivity index (χ1) is 10.5. The minimum Gasteiger partial charge on any atom is -0.371 e. The van der Waals surface area contributed by atoms with E-state index in [0.29, 0.717) is 5.52 Å². The summed E-state index contributed by atoms with van der Waals surface area (Å²) in [7, 11) is 1.53. The van der Waals surface area contributed by atoms with Gasteiger partial charge in [0.15, 0.2) is 11.5 Å². The highest BCUT2D eigenvalue weighted by Crippen LogP contribution is 2.33. The van der Waals surface area contributed by atoms with E-state index in [2.05, 4.69) is 20.3 Å². The van der Waals surface area contributed by atoms with E-state index >= 15 is 0 Å². The number of nitrogens with zero attached hydrogens (tertiary/aromatic N) is 4. The molecule has 0 aromatic carbocycles. The third-order valence-corrected chi connectivity index (χ3v) is 4.13. The van der Waals surface area contributed by atoms with Crippen LogP contribution in [0, 0.1) is 0 Å². The first kappa shape index (κ1) is 15.1. The van der Waals surface area contributed by atoms with Crippen LogP contribution in [0.25, 0.3) is 11.2 Å². The van der Waals surface area contributed by atoms with Crippen molar-refractivity contribution in [1.29, 1.82) is 0 Å². The van der Waals surface area contributed by atoms with E-state index in [1.807, 2.05) is 0 Å². The van der Waals surface area contributed by atoms with E-state index in [9.17, 15) is 13.2 Å². The van der Waals surface area contributed by atoms with Crippen molar-refractivity contribution >= 4 is 17.0 Å². The van der Waals surface area contributed by atoms with Crippen LogP contribution in [0.5, 0.6) is 0 Å². The summed E-state index contributed by atoms with van der Waals surface area (Å²) in [6, 6.07) is 0.160. The van der Waals surface area contributed by atoms with Crippen LogP contribution >= 0.6 is 0 Å². The highest BCUT2D eigenvalue weighted by atomic mass is 19.4. The van der Waals surface area contributed by atoms with Crippen molar-refractivity contribution in [3.05, 3.63) is 12.2 Å². The van der Waals surface area contributed by atoms with Gasteiger partial charge in [-0.3, -0.25) is 0 Å². The van der Waals surface area contributed by atoms with Crippen molar-refractivity contribution < 1.29 is 13.2 Å². The van der Waals surface area contributed by atoms with E-state index in [0.717, 1.165) is 25.7 Å². The summed E-state index contributed by atoms with van der Waals surface area (Å²) >= 11 is 0. The lowest BCUT2D eigenvalue weighted by Gasteiger charge is -2.17. The number of alkyl halides is 3. The summed E-state index contributed by atoms with van der Waals surface area (Å²) in [5, 5.41) is 2.68. The quantitative estimate of drug-likeness (QED) is 0.857. The number of imidazole rings is 1. The molecule has 5 nitrogen and oxygen atoms in total. The Labute approximate surface area is 126 Å². The van der Waals surface area contributed by atoms with Gasteiger partial charge in [-0.2, -0.15) is 13.2 Å². The molecule has 1 aliphatic rings. The van der Waals surface area contributed by atoms with Gasteiger partial charge < -0.3 is 9.88 Å². The fourth-order valence-electron chi connectivity index (χ4n) is 3.02. The van der Waals surface area contributed by atoms with Gasteiger partial charge in [0.05, 0.1) is 6.33 Å². The first-order valence-electron chi connectivity index (χ1n) is 7.50. The maximum Gasteiger partial charge on any atom is 0.451 e. The van der Waals surface area contributed by atoms with Crippen LogP contribution in [-0.2, 0) is 6.18 Å². The van der Waals surface area contributed by atoms with Gasteiger partial charge in [-0.1, -0.05) is 25.7 Å². The van der Waals surface area contributed by atoms with E-state index in [1.54, 1.807) is 10.9 Å². The highest BCUT2D eigenvalue weighted by molar-refractivity contribution is 5.83. The molecule has 0 radical (unpaired) electrons. The van der Waals surface area contributed by atoms with Crippen LogP contribution in [0.3, 0.4) is 0 Å². The van der Waals surface area contributed by atoms with Gasteiger partial charge in [0, 0.05) is 13.1 Å². The number of hydrogen-bond acceptors (Lipinski definition) is 4. The molecule has 2 aromatic rings. The SMILES string of the molecule is CNc1nc(C(F)(F)F)nc2c1ncn2C1CCCCCC1.